The Morgan fingerprint density at radius 2 is 1.72 bits per heavy atom. The van der Waals surface area contributed by atoms with E-state index in [4.69, 9.17) is 29.1 Å². The first-order valence-corrected chi connectivity index (χ1v) is 15.4. The Hall–Kier alpha value is -4.63. The number of aliphatic carboxylic acids is 1. The van der Waals surface area contributed by atoms with Crippen LogP contribution in [0.4, 0.5) is 0 Å². The summed E-state index contributed by atoms with van der Waals surface area (Å²) in [6.45, 7) is 0.389. The minimum absolute atomic E-state index is 0.000888. The van der Waals surface area contributed by atoms with E-state index in [-0.39, 0.29) is 34.7 Å². The molecule has 1 saturated heterocycles. The van der Waals surface area contributed by atoms with Gasteiger partial charge < -0.3 is 54.3 Å². The van der Waals surface area contributed by atoms with Crippen LogP contribution in [0.1, 0.15) is 55.8 Å². The first-order chi connectivity index (χ1) is 22.6. The van der Waals surface area contributed by atoms with E-state index < -0.39 is 48.5 Å². The van der Waals surface area contributed by atoms with Crippen LogP contribution in [0.25, 0.3) is 5.76 Å². The molecule has 0 amide bonds. The number of ether oxygens (including phenoxy) is 5. The Labute approximate surface area is 269 Å². The average Bonchev–Trinajstić information content (AvgIpc) is 3.47. The number of carboxylic acids is 1. The second-order valence-corrected chi connectivity index (χ2v) is 11.8. The van der Waals surface area contributed by atoms with E-state index in [2.05, 4.69) is 4.99 Å². The van der Waals surface area contributed by atoms with Crippen molar-refractivity contribution in [1.82, 2.24) is 0 Å². The highest BCUT2D eigenvalue weighted by atomic mass is 16.7. The number of aliphatic imine (C=N–C) groups is 1. The molecule has 0 spiro atoms. The zero-order chi connectivity index (χ0) is 33.2. The Balaban J connectivity index is 1.25. The van der Waals surface area contributed by atoms with Gasteiger partial charge in [0.1, 0.15) is 47.2 Å². The number of carbonyl (C=O) groups is 1. The highest BCUT2D eigenvalue weighted by Crippen LogP contribution is 2.51. The van der Waals surface area contributed by atoms with Crippen LogP contribution in [0.2, 0.25) is 0 Å². The zero-order valence-corrected chi connectivity index (χ0v) is 25.3. The van der Waals surface area contributed by atoms with Crippen molar-refractivity contribution in [2.45, 2.75) is 81.4 Å². The molecule has 6 unspecified atom stereocenters. The molecular formula is C33H37N2O12+. The van der Waals surface area contributed by atoms with Crippen molar-refractivity contribution in [2.75, 3.05) is 6.61 Å². The van der Waals surface area contributed by atoms with E-state index >= 15 is 0 Å². The predicted octanol–water partition coefficient (Wildman–Crippen LogP) is 1.34. The number of hydrogen-bond acceptors (Lipinski definition) is 11. The molecule has 0 radical (unpaired) electrons. The summed E-state index contributed by atoms with van der Waals surface area (Å²) in [5.41, 5.74) is 1.43. The number of aliphatic hydroxyl groups excluding tert-OH is 4. The standard InChI is InChI=1S/C33H36N2O12/c34-24-11-8-17(35-24)12-13-43-18-9-6-16(7-10-18)21-14-20(36)25-22(45-21)15-23(30(26(25)37)44-19-4-2-1-3-5-19)46-33-29(40)27(38)28(39)31(47-33)32(41)42/h6-11,14-15,19,21,27-29,31,33-34,36-40H,1-5,12-13H2,(H,41,42)/p+1. The Bertz CT molecular complexity index is 1600. The van der Waals surface area contributed by atoms with Crippen molar-refractivity contribution in [3.63, 3.8) is 0 Å². The average molecular weight is 654 g/mol. The number of hydrogen-bond donors (Lipinski definition) is 7. The SMILES string of the molecule is [NH2+]=C1C=CC(CCOc2ccc(C3C=C(O)c4c(cc(OC5OC(C(=O)O)C(O)C(O)C5O)c(OC5CCCCC5)c4O)O3)cc2)=N1. The summed E-state index contributed by atoms with van der Waals surface area (Å²) in [7, 11) is 0. The second-order valence-electron chi connectivity index (χ2n) is 11.8. The maximum absolute atomic E-state index is 11.7. The molecule has 6 atom stereocenters. The summed E-state index contributed by atoms with van der Waals surface area (Å²) in [4.78, 5) is 15.9. The number of fused-ring (bicyclic) bond motifs is 1. The van der Waals surface area contributed by atoms with Gasteiger partial charge in [0, 0.05) is 24.6 Å². The number of carboxylic acid groups (broad SMARTS) is 1. The number of allylic oxidation sites excluding steroid dienone is 1. The predicted molar refractivity (Wildman–Crippen MR) is 165 cm³/mol. The lowest BCUT2D eigenvalue weighted by molar-refractivity contribution is -0.271. The lowest BCUT2D eigenvalue weighted by Crippen LogP contribution is -2.61. The quantitative estimate of drug-likeness (QED) is 0.193. The Kier molecular flexibility index (Phi) is 9.36. The molecule has 2 fully saturated rings. The molecule has 1 saturated carbocycles. The fraction of sp³-hybridized carbons (Fsp3) is 0.424. The molecule has 2 aromatic rings. The summed E-state index contributed by atoms with van der Waals surface area (Å²) >= 11 is 0. The van der Waals surface area contributed by atoms with Gasteiger partial charge in [-0.2, -0.15) is 0 Å². The van der Waals surface area contributed by atoms with Gasteiger partial charge in [0.15, 0.2) is 23.3 Å². The van der Waals surface area contributed by atoms with Gasteiger partial charge in [-0.1, -0.05) is 18.6 Å². The summed E-state index contributed by atoms with van der Waals surface area (Å²) in [6, 6.07) is 8.35. The lowest BCUT2D eigenvalue weighted by atomic mass is 9.97. The Morgan fingerprint density at radius 3 is 2.40 bits per heavy atom. The fourth-order valence-electron chi connectivity index (χ4n) is 5.92. The van der Waals surface area contributed by atoms with Gasteiger partial charge in [-0.05, 0) is 54.4 Å². The number of phenolic OH excluding ortho intramolecular Hbond substituents is 1. The molecule has 8 N–H and O–H groups in total. The number of nitrogens with two attached hydrogens (primary N) is 1. The van der Waals surface area contributed by atoms with Crippen molar-refractivity contribution >= 4 is 23.3 Å². The van der Waals surface area contributed by atoms with E-state index in [1.807, 2.05) is 6.08 Å². The van der Waals surface area contributed by atoms with Gasteiger partial charge in [0.25, 0.3) is 0 Å². The molecule has 3 aliphatic heterocycles. The van der Waals surface area contributed by atoms with Crippen molar-refractivity contribution in [3.05, 3.63) is 59.7 Å². The third-order valence-electron chi connectivity index (χ3n) is 8.45. The summed E-state index contributed by atoms with van der Waals surface area (Å²) < 4.78 is 29.3. The number of rotatable bonds is 10. The topological polar surface area (TPSA) is 223 Å². The number of aromatic hydroxyl groups is 1. The molecule has 0 bridgehead atoms. The fourth-order valence-corrected chi connectivity index (χ4v) is 5.92. The lowest BCUT2D eigenvalue weighted by Gasteiger charge is -2.39. The third kappa shape index (κ3) is 6.90. The van der Waals surface area contributed by atoms with Crippen molar-refractivity contribution < 1.29 is 64.5 Å². The first-order valence-electron chi connectivity index (χ1n) is 15.4. The molecule has 14 nitrogen and oxygen atoms in total. The highest BCUT2D eigenvalue weighted by molar-refractivity contribution is 6.13. The molecule has 47 heavy (non-hydrogen) atoms. The highest BCUT2D eigenvalue weighted by Gasteiger charge is 2.48. The van der Waals surface area contributed by atoms with Crippen molar-refractivity contribution in [1.29, 1.82) is 0 Å². The molecule has 250 valence electrons. The minimum atomic E-state index is -1.92. The maximum atomic E-state index is 11.7. The second kappa shape index (κ2) is 13.6. The number of amidine groups is 1. The van der Waals surface area contributed by atoms with Crippen LogP contribution in [-0.4, -0.2) is 91.6 Å². The van der Waals surface area contributed by atoms with Gasteiger partial charge in [-0.15, -0.1) is 0 Å². The summed E-state index contributed by atoms with van der Waals surface area (Å²) in [5.74, 6) is -1.67. The van der Waals surface area contributed by atoms with E-state index in [9.17, 15) is 35.4 Å². The molecular weight excluding hydrogens is 616 g/mol. The smallest absolute Gasteiger partial charge is 0.335 e. The van der Waals surface area contributed by atoms with Crippen LogP contribution < -0.4 is 24.4 Å². The number of benzene rings is 2. The molecule has 0 aromatic heterocycles. The molecule has 2 aromatic carbocycles. The van der Waals surface area contributed by atoms with Crippen LogP contribution in [-0.2, 0) is 9.53 Å². The first kappa shape index (κ1) is 32.3. The van der Waals surface area contributed by atoms with Gasteiger partial charge >= 0.3 is 11.8 Å². The number of nitrogens with zero attached hydrogens (tertiary/aromatic N) is 1. The molecule has 6 rings (SSSR count). The molecule has 1 aliphatic carbocycles. The minimum Gasteiger partial charge on any atom is -0.507 e. The number of aliphatic hydroxyl groups is 4. The third-order valence-corrected chi connectivity index (χ3v) is 8.45. The van der Waals surface area contributed by atoms with E-state index in [0.717, 1.165) is 25.0 Å². The van der Waals surface area contributed by atoms with Crippen LogP contribution in [0.5, 0.6) is 28.7 Å². The van der Waals surface area contributed by atoms with Gasteiger partial charge in [-0.25, -0.2) is 4.79 Å². The van der Waals surface area contributed by atoms with Gasteiger partial charge in [0.05, 0.1) is 12.7 Å². The monoisotopic (exact) mass is 653 g/mol. The van der Waals surface area contributed by atoms with E-state index in [1.54, 1.807) is 30.3 Å². The zero-order valence-electron chi connectivity index (χ0n) is 25.3. The normalized spacial score (nSPS) is 27.3. The van der Waals surface area contributed by atoms with Crippen LogP contribution in [0, 0.1) is 0 Å². The summed E-state index contributed by atoms with van der Waals surface area (Å²) in [5, 5.41) is 68.7. The van der Waals surface area contributed by atoms with Crippen LogP contribution in [0.15, 0.2) is 53.6 Å². The van der Waals surface area contributed by atoms with Crippen LogP contribution >= 0.6 is 0 Å². The van der Waals surface area contributed by atoms with Crippen molar-refractivity contribution in [3.8, 4) is 28.7 Å². The van der Waals surface area contributed by atoms with Crippen molar-refractivity contribution in [2.24, 2.45) is 4.99 Å². The van der Waals surface area contributed by atoms with E-state index in [1.165, 1.54) is 12.1 Å². The molecule has 14 heteroatoms. The largest absolute Gasteiger partial charge is 0.507 e. The number of phenols is 1. The van der Waals surface area contributed by atoms with E-state index in [0.29, 0.717) is 43.0 Å². The summed E-state index contributed by atoms with van der Waals surface area (Å²) in [6.07, 6.45) is -0.645. The molecule has 3 heterocycles. The maximum Gasteiger partial charge on any atom is 0.335 e. The molecule has 4 aliphatic rings. The van der Waals surface area contributed by atoms with Crippen LogP contribution in [0.3, 0.4) is 0 Å². The van der Waals surface area contributed by atoms with Gasteiger partial charge in [0.2, 0.25) is 12.0 Å². The Morgan fingerprint density at radius 1 is 0.979 bits per heavy atom. The van der Waals surface area contributed by atoms with Gasteiger partial charge in [-0.3, -0.25) is 5.41 Å².